The molecule has 6 heteroatoms. The normalized spacial score (nSPS) is 11.7. The highest BCUT2D eigenvalue weighted by Crippen LogP contribution is 2.27. The fourth-order valence-electron chi connectivity index (χ4n) is 0.774. The molecule has 0 unspecified atom stereocenters. The lowest BCUT2D eigenvalue weighted by molar-refractivity contribution is -0.141. The predicted octanol–water partition coefficient (Wildman–Crippen LogP) is 2.54. The van der Waals surface area contributed by atoms with Gasteiger partial charge in [-0.15, -0.1) is 0 Å². The van der Waals surface area contributed by atoms with E-state index in [9.17, 15) is 13.2 Å². The second-order valence-corrected chi connectivity index (χ2v) is 3.12. The van der Waals surface area contributed by atoms with Crippen molar-refractivity contribution in [2.75, 3.05) is 0 Å². The van der Waals surface area contributed by atoms with Gasteiger partial charge >= 0.3 is 6.18 Å². The molecular formula is C7H6F3IN2. The maximum atomic E-state index is 12.0. The van der Waals surface area contributed by atoms with Crippen molar-refractivity contribution in [3.8, 4) is 0 Å². The Morgan fingerprint density at radius 1 is 1.38 bits per heavy atom. The van der Waals surface area contributed by atoms with Crippen LogP contribution in [0.25, 0.3) is 0 Å². The first-order valence-electron chi connectivity index (χ1n) is 3.39. The van der Waals surface area contributed by atoms with Crippen LogP contribution in [0.4, 0.5) is 13.2 Å². The molecule has 1 heterocycles. The van der Waals surface area contributed by atoms with Gasteiger partial charge in [0.1, 0.15) is 5.69 Å². The van der Waals surface area contributed by atoms with Crippen molar-refractivity contribution < 1.29 is 13.2 Å². The van der Waals surface area contributed by atoms with Crippen molar-refractivity contribution in [1.82, 2.24) is 8.51 Å². The lowest BCUT2D eigenvalue weighted by Gasteiger charge is -2.05. The van der Waals surface area contributed by atoms with Crippen molar-refractivity contribution in [2.24, 2.45) is 0 Å². The Morgan fingerprint density at radius 3 is 2.46 bits per heavy atom. The summed E-state index contributed by atoms with van der Waals surface area (Å²) < 4.78 is 38.9. The Hall–Kier alpha value is -0.370. The van der Waals surface area contributed by atoms with E-state index in [0.29, 0.717) is 6.54 Å². The molecule has 0 saturated carbocycles. The van der Waals surface area contributed by atoms with Gasteiger partial charge in [0, 0.05) is 35.6 Å². The van der Waals surface area contributed by atoms with Crippen LogP contribution in [0.15, 0.2) is 18.3 Å². The average Bonchev–Trinajstić information content (AvgIpc) is 2.04. The largest absolute Gasteiger partial charge is 0.433 e. The summed E-state index contributed by atoms with van der Waals surface area (Å²) in [5, 5.41) is 0. The van der Waals surface area contributed by atoms with Crippen LogP contribution in [-0.4, -0.2) is 4.98 Å². The van der Waals surface area contributed by atoms with Crippen LogP contribution in [-0.2, 0) is 12.7 Å². The summed E-state index contributed by atoms with van der Waals surface area (Å²) in [5.74, 6) is 0. The third-order valence-electron chi connectivity index (χ3n) is 1.39. The van der Waals surface area contributed by atoms with Crippen LogP contribution in [0.1, 0.15) is 11.3 Å². The zero-order valence-corrected chi connectivity index (χ0v) is 8.56. The quantitative estimate of drug-likeness (QED) is 0.671. The Balaban J connectivity index is 2.81. The van der Waals surface area contributed by atoms with E-state index in [-0.39, 0.29) is 0 Å². The highest BCUT2D eigenvalue weighted by Gasteiger charge is 2.31. The maximum absolute atomic E-state index is 12.0. The van der Waals surface area contributed by atoms with Gasteiger partial charge in [0.25, 0.3) is 0 Å². The van der Waals surface area contributed by atoms with Crippen molar-refractivity contribution in [3.63, 3.8) is 0 Å². The van der Waals surface area contributed by atoms with Crippen molar-refractivity contribution in [3.05, 3.63) is 29.6 Å². The van der Waals surface area contributed by atoms with Crippen molar-refractivity contribution in [2.45, 2.75) is 12.7 Å². The molecule has 1 rings (SSSR count). The van der Waals surface area contributed by atoms with Crippen LogP contribution < -0.4 is 3.53 Å². The Labute approximate surface area is 87.0 Å². The third kappa shape index (κ3) is 3.11. The second-order valence-electron chi connectivity index (χ2n) is 2.36. The monoisotopic (exact) mass is 302 g/mol. The van der Waals surface area contributed by atoms with Crippen LogP contribution in [0.3, 0.4) is 0 Å². The molecule has 1 aromatic rings. The molecule has 1 aromatic heterocycles. The van der Waals surface area contributed by atoms with Gasteiger partial charge in [0.15, 0.2) is 0 Å². The molecule has 0 atom stereocenters. The molecule has 0 amide bonds. The second kappa shape index (κ2) is 4.23. The molecular weight excluding hydrogens is 296 g/mol. The van der Waals surface area contributed by atoms with E-state index in [1.165, 1.54) is 12.3 Å². The topological polar surface area (TPSA) is 24.9 Å². The van der Waals surface area contributed by atoms with Gasteiger partial charge in [-0.2, -0.15) is 13.2 Å². The SMILES string of the molecule is FC(F)(F)c1ccc(CNI)cn1. The fraction of sp³-hybridized carbons (Fsp3) is 0.286. The molecule has 0 saturated heterocycles. The molecule has 2 nitrogen and oxygen atoms in total. The molecule has 0 spiro atoms. The molecule has 0 aliphatic carbocycles. The highest BCUT2D eigenvalue weighted by atomic mass is 127. The maximum Gasteiger partial charge on any atom is 0.433 e. The number of alkyl halides is 3. The van der Waals surface area contributed by atoms with E-state index < -0.39 is 11.9 Å². The molecule has 0 aliphatic heterocycles. The number of nitrogens with one attached hydrogen (secondary N) is 1. The van der Waals surface area contributed by atoms with Crippen LogP contribution in [0.2, 0.25) is 0 Å². The molecule has 0 aliphatic rings. The van der Waals surface area contributed by atoms with Gasteiger partial charge in [-0.25, -0.2) is 0 Å². The van der Waals surface area contributed by atoms with E-state index in [1.807, 2.05) is 22.9 Å². The van der Waals surface area contributed by atoms with E-state index in [0.717, 1.165) is 11.6 Å². The minimum absolute atomic E-state index is 0.506. The van der Waals surface area contributed by atoms with Gasteiger partial charge in [-0.3, -0.25) is 8.51 Å². The molecule has 1 N–H and O–H groups in total. The first-order valence-corrected chi connectivity index (χ1v) is 4.47. The molecule has 0 bridgehead atoms. The summed E-state index contributed by atoms with van der Waals surface area (Å²) in [6.07, 6.45) is -3.13. The number of halogens is 4. The van der Waals surface area contributed by atoms with Crippen LogP contribution in [0, 0.1) is 0 Å². The van der Waals surface area contributed by atoms with E-state index >= 15 is 0 Å². The first-order chi connectivity index (χ1) is 6.04. The summed E-state index contributed by atoms with van der Waals surface area (Å²) in [4.78, 5) is 3.30. The molecule has 0 radical (unpaired) electrons. The lowest BCUT2D eigenvalue weighted by Crippen LogP contribution is -2.08. The van der Waals surface area contributed by atoms with Crippen molar-refractivity contribution >= 4 is 22.9 Å². The molecule has 72 valence electrons. The summed E-state index contributed by atoms with van der Waals surface area (Å²) in [6.45, 7) is 0.506. The summed E-state index contributed by atoms with van der Waals surface area (Å²) in [5.41, 5.74) is -0.132. The minimum atomic E-state index is -4.35. The molecule has 13 heavy (non-hydrogen) atoms. The molecule has 0 aromatic carbocycles. The van der Waals surface area contributed by atoms with Crippen LogP contribution in [0.5, 0.6) is 0 Å². The summed E-state index contributed by atoms with van der Waals surface area (Å²) in [6, 6.07) is 2.38. The zero-order chi connectivity index (χ0) is 9.90. The highest BCUT2D eigenvalue weighted by molar-refractivity contribution is 14.1. The predicted molar refractivity (Wildman–Crippen MR) is 50.1 cm³/mol. The number of nitrogens with zero attached hydrogens (tertiary/aromatic N) is 1. The summed E-state index contributed by atoms with van der Waals surface area (Å²) >= 11 is 1.92. The fourth-order valence-corrected chi connectivity index (χ4v) is 1.21. The first kappa shape index (κ1) is 10.7. The summed E-state index contributed by atoms with van der Waals surface area (Å²) in [7, 11) is 0. The van der Waals surface area contributed by atoms with Gasteiger partial charge in [0.2, 0.25) is 0 Å². The lowest BCUT2D eigenvalue weighted by atomic mass is 10.2. The minimum Gasteiger partial charge on any atom is -0.257 e. The molecule has 0 fully saturated rings. The third-order valence-corrected chi connectivity index (χ3v) is 1.77. The standard InChI is InChI=1S/C7H6F3IN2/c8-7(9,10)6-2-1-5(3-12-6)4-13-11/h1-3,13H,4H2. The van der Waals surface area contributed by atoms with Gasteiger partial charge in [0.05, 0.1) is 0 Å². The Morgan fingerprint density at radius 2 is 2.08 bits per heavy atom. The number of aromatic nitrogens is 1. The van der Waals surface area contributed by atoms with E-state index in [4.69, 9.17) is 0 Å². The van der Waals surface area contributed by atoms with E-state index in [1.54, 1.807) is 0 Å². The van der Waals surface area contributed by atoms with Gasteiger partial charge in [-0.05, 0) is 11.6 Å². The smallest absolute Gasteiger partial charge is 0.257 e. The zero-order valence-electron chi connectivity index (χ0n) is 6.40. The number of pyridine rings is 1. The van der Waals surface area contributed by atoms with Gasteiger partial charge in [-0.1, -0.05) is 6.07 Å². The van der Waals surface area contributed by atoms with Crippen LogP contribution >= 0.6 is 22.9 Å². The van der Waals surface area contributed by atoms with Gasteiger partial charge < -0.3 is 0 Å². The Kier molecular flexibility index (Phi) is 3.48. The number of hydrogen-bond donors (Lipinski definition) is 1. The Bertz CT molecular complexity index is 270. The van der Waals surface area contributed by atoms with Crippen molar-refractivity contribution in [1.29, 1.82) is 0 Å². The average molecular weight is 302 g/mol. The number of hydrogen-bond acceptors (Lipinski definition) is 2. The van der Waals surface area contributed by atoms with E-state index in [2.05, 4.69) is 8.51 Å². The number of rotatable bonds is 2.